The Labute approximate surface area is 154 Å². The number of carbonyl (C=O) groups is 2. The number of nitrogens with zero attached hydrogens (tertiary/aromatic N) is 1. The first-order valence-corrected chi connectivity index (χ1v) is 8.81. The molecule has 0 bridgehead atoms. The topological polar surface area (TPSA) is 88.1 Å². The van der Waals surface area contributed by atoms with E-state index in [1.807, 2.05) is 19.1 Å². The van der Waals surface area contributed by atoms with E-state index in [9.17, 15) is 9.59 Å². The molecule has 0 spiro atoms. The van der Waals surface area contributed by atoms with Gasteiger partial charge in [0, 0.05) is 19.6 Å². The summed E-state index contributed by atoms with van der Waals surface area (Å²) < 4.78 is 10.6. The molecule has 26 heavy (non-hydrogen) atoms. The minimum absolute atomic E-state index is 0.0343. The molecule has 7 nitrogen and oxygen atoms in total. The number of aryl methyl sites for hydroxylation is 1. The number of ether oxygens (including phenoxy) is 2. The van der Waals surface area contributed by atoms with Gasteiger partial charge in [0.2, 0.25) is 0 Å². The molecule has 0 heterocycles. The Bertz CT molecular complexity index is 654. The van der Waals surface area contributed by atoms with E-state index >= 15 is 0 Å². The number of carbonyl (C=O) groups excluding carboxylic acids is 1. The van der Waals surface area contributed by atoms with Crippen molar-refractivity contribution in [2.45, 2.75) is 45.2 Å². The van der Waals surface area contributed by atoms with Crippen molar-refractivity contribution in [1.29, 1.82) is 0 Å². The maximum Gasteiger partial charge on any atom is 0.317 e. The number of carboxylic acids is 1. The van der Waals surface area contributed by atoms with Crippen molar-refractivity contribution in [1.82, 2.24) is 10.2 Å². The molecule has 0 atom stereocenters. The monoisotopic (exact) mass is 364 g/mol. The zero-order valence-corrected chi connectivity index (χ0v) is 15.9. The normalized spacial score (nSPS) is 19.5. The number of rotatable bonds is 6. The van der Waals surface area contributed by atoms with Gasteiger partial charge < -0.3 is 24.8 Å². The maximum atomic E-state index is 12.5. The van der Waals surface area contributed by atoms with E-state index < -0.39 is 5.97 Å². The number of hydrogen-bond acceptors (Lipinski definition) is 4. The second-order valence-corrected chi connectivity index (χ2v) is 6.83. The van der Waals surface area contributed by atoms with Crippen molar-refractivity contribution in [2.75, 3.05) is 21.3 Å². The molecule has 1 saturated carbocycles. The van der Waals surface area contributed by atoms with Crippen LogP contribution in [0.4, 0.5) is 4.79 Å². The van der Waals surface area contributed by atoms with Gasteiger partial charge in [0.05, 0.1) is 20.1 Å². The standard InChI is InChI=1S/C19H28N2O5/c1-12-9-16(25-3)17(26-4)10-14(12)11-21(2)19(24)20-15-7-5-13(6-8-15)18(22)23/h9-10,13,15H,5-8,11H2,1-4H3,(H,20,24)(H,22,23). The van der Waals surface area contributed by atoms with E-state index in [0.29, 0.717) is 43.7 Å². The molecular weight excluding hydrogens is 336 g/mol. The summed E-state index contributed by atoms with van der Waals surface area (Å²) in [6.07, 6.45) is 2.62. The van der Waals surface area contributed by atoms with Gasteiger partial charge >= 0.3 is 12.0 Å². The van der Waals surface area contributed by atoms with Crippen LogP contribution < -0.4 is 14.8 Å². The first-order chi connectivity index (χ1) is 12.3. The Morgan fingerprint density at radius 2 is 1.73 bits per heavy atom. The number of hydrogen-bond donors (Lipinski definition) is 2. The number of nitrogens with one attached hydrogen (secondary N) is 1. The van der Waals surface area contributed by atoms with Crippen LogP contribution in [-0.4, -0.2) is 49.3 Å². The second kappa shape index (κ2) is 8.78. The van der Waals surface area contributed by atoms with Crippen molar-refractivity contribution in [2.24, 2.45) is 5.92 Å². The largest absolute Gasteiger partial charge is 0.493 e. The number of benzene rings is 1. The highest BCUT2D eigenvalue weighted by Gasteiger charge is 2.27. The smallest absolute Gasteiger partial charge is 0.317 e. The van der Waals surface area contributed by atoms with E-state index in [-0.39, 0.29) is 18.0 Å². The first-order valence-electron chi connectivity index (χ1n) is 8.81. The molecule has 144 valence electrons. The van der Waals surface area contributed by atoms with Crippen LogP contribution >= 0.6 is 0 Å². The summed E-state index contributed by atoms with van der Waals surface area (Å²) in [7, 11) is 4.92. The zero-order valence-electron chi connectivity index (χ0n) is 15.9. The summed E-state index contributed by atoms with van der Waals surface area (Å²) >= 11 is 0. The summed E-state index contributed by atoms with van der Waals surface area (Å²) in [5.41, 5.74) is 2.00. The zero-order chi connectivity index (χ0) is 19.3. The van der Waals surface area contributed by atoms with E-state index in [1.165, 1.54) is 0 Å². The van der Waals surface area contributed by atoms with Gasteiger partial charge in [-0.3, -0.25) is 4.79 Å². The number of amides is 2. The molecule has 2 amide bonds. The second-order valence-electron chi connectivity index (χ2n) is 6.83. The van der Waals surface area contributed by atoms with Gasteiger partial charge in [0.15, 0.2) is 11.5 Å². The molecule has 1 aliphatic carbocycles. The van der Waals surface area contributed by atoms with Crippen LogP contribution in [0.5, 0.6) is 11.5 Å². The van der Waals surface area contributed by atoms with Crippen molar-refractivity contribution < 1.29 is 24.2 Å². The van der Waals surface area contributed by atoms with E-state index in [2.05, 4.69) is 5.32 Å². The fourth-order valence-corrected chi connectivity index (χ4v) is 3.29. The van der Waals surface area contributed by atoms with Gasteiger partial charge in [-0.1, -0.05) is 0 Å². The number of methoxy groups -OCH3 is 2. The number of aliphatic carboxylic acids is 1. The SMILES string of the molecule is COc1cc(C)c(CN(C)C(=O)NC2CCC(C(=O)O)CC2)cc1OC. The fourth-order valence-electron chi connectivity index (χ4n) is 3.29. The highest BCUT2D eigenvalue weighted by molar-refractivity contribution is 5.74. The summed E-state index contributed by atoms with van der Waals surface area (Å²) in [6, 6.07) is 3.66. The third-order valence-electron chi connectivity index (χ3n) is 5.00. The molecule has 1 aromatic carbocycles. The molecule has 0 radical (unpaired) electrons. The van der Waals surface area contributed by atoms with Crippen LogP contribution in [0.3, 0.4) is 0 Å². The maximum absolute atomic E-state index is 12.5. The van der Waals surface area contributed by atoms with Crippen LogP contribution in [0.1, 0.15) is 36.8 Å². The minimum Gasteiger partial charge on any atom is -0.493 e. The van der Waals surface area contributed by atoms with Crippen molar-refractivity contribution in [3.63, 3.8) is 0 Å². The Morgan fingerprint density at radius 1 is 1.15 bits per heavy atom. The number of carboxylic acid groups (broad SMARTS) is 1. The summed E-state index contributed by atoms with van der Waals surface area (Å²) in [5, 5.41) is 12.1. The molecule has 0 unspecified atom stereocenters. The van der Waals surface area contributed by atoms with Crippen LogP contribution in [-0.2, 0) is 11.3 Å². The average molecular weight is 364 g/mol. The molecule has 1 aliphatic rings. The van der Waals surface area contributed by atoms with Crippen LogP contribution in [0, 0.1) is 12.8 Å². The average Bonchev–Trinajstić information content (AvgIpc) is 2.63. The van der Waals surface area contributed by atoms with Gasteiger partial charge in [0.1, 0.15) is 0 Å². The third-order valence-corrected chi connectivity index (χ3v) is 5.00. The minimum atomic E-state index is -0.740. The molecule has 2 rings (SSSR count). The van der Waals surface area contributed by atoms with E-state index in [4.69, 9.17) is 14.6 Å². The molecule has 7 heteroatoms. The molecule has 0 saturated heterocycles. The molecule has 0 aliphatic heterocycles. The highest BCUT2D eigenvalue weighted by atomic mass is 16.5. The lowest BCUT2D eigenvalue weighted by Crippen LogP contribution is -2.44. The Hall–Kier alpha value is -2.44. The lowest BCUT2D eigenvalue weighted by atomic mass is 9.86. The van der Waals surface area contributed by atoms with Gasteiger partial charge in [0.25, 0.3) is 0 Å². The van der Waals surface area contributed by atoms with Gasteiger partial charge in [-0.05, 0) is 55.9 Å². The quantitative estimate of drug-likeness (QED) is 0.810. The Morgan fingerprint density at radius 3 is 2.27 bits per heavy atom. The van der Waals surface area contributed by atoms with Gasteiger partial charge in [-0.25, -0.2) is 4.79 Å². The van der Waals surface area contributed by atoms with E-state index in [1.54, 1.807) is 26.2 Å². The third kappa shape index (κ3) is 4.80. The number of urea groups is 1. The van der Waals surface area contributed by atoms with Crippen LogP contribution in [0.15, 0.2) is 12.1 Å². The predicted molar refractivity (Wildman–Crippen MR) is 97.7 cm³/mol. The van der Waals surface area contributed by atoms with E-state index in [0.717, 1.165) is 11.1 Å². The molecule has 1 fully saturated rings. The lowest BCUT2D eigenvalue weighted by molar-refractivity contribution is -0.142. The Balaban J connectivity index is 1.94. The van der Waals surface area contributed by atoms with Gasteiger partial charge in [-0.2, -0.15) is 0 Å². The predicted octanol–water partition coefficient (Wildman–Crippen LogP) is 2.80. The van der Waals surface area contributed by atoms with Crippen molar-refractivity contribution >= 4 is 12.0 Å². The van der Waals surface area contributed by atoms with Crippen molar-refractivity contribution in [3.8, 4) is 11.5 Å². The molecule has 0 aromatic heterocycles. The summed E-state index contributed by atoms with van der Waals surface area (Å²) in [5.74, 6) is 0.274. The summed E-state index contributed by atoms with van der Waals surface area (Å²) in [6.45, 7) is 2.42. The van der Waals surface area contributed by atoms with Crippen LogP contribution in [0.2, 0.25) is 0 Å². The van der Waals surface area contributed by atoms with Gasteiger partial charge in [-0.15, -0.1) is 0 Å². The summed E-state index contributed by atoms with van der Waals surface area (Å²) in [4.78, 5) is 25.1. The van der Waals surface area contributed by atoms with Crippen LogP contribution in [0.25, 0.3) is 0 Å². The fraction of sp³-hybridized carbons (Fsp3) is 0.579. The molecule has 1 aromatic rings. The molecular formula is C19H28N2O5. The highest BCUT2D eigenvalue weighted by Crippen LogP contribution is 2.31. The molecule has 2 N–H and O–H groups in total. The van der Waals surface area contributed by atoms with Crippen molar-refractivity contribution in [3.05, 3.63) is 23.3 Å². The Kier molecular flexibility index (Phi) is 6.71. The lowest BCUT2D eigenvalue weighted by Gasteiger charge is -2.29. The first kappa shape index (κ1) is 19.9.